The molecule has 108 valence electrons. The van der Waals surface area contributed by atoms with Gasteiger partial charge < -0.3 is 25.3 Å². The van der Waals surface area contributed by atoms with E-state index in [-0.39, 0.29) is 24.1 Å². The van der Waals surface area contributed by atoms with Gasteiger partial charge in [0, 0.05) is 0 Å². The van der Waals surface area contributed by atoms with E-state index in [0.29, 0.717) is 18.7 Å². The summed E-state index contributed by atoms with van der Waals surface area (Å²) in [6.45, 7) is 0.0611. The number of aromatic amines is 1. The van der Waals surface area contributed by atoms with E-state index in [0.717, 1.165) is 0 Å². The van der Waals surface area contributed by atoms with Gasteiger partial charge in [-0.1, -0.05) is 0 Å². The van der Waals surface area contributed by atoms with Gasteiger partial charge in [0.15, 0.2) is 11.2 Å². The second kappa shape index (κ2) is 4.85. The van der Waals surface area contributed by atoms with Crippen LogP contribution in [0.4, 0.5) is 5.95 Å². The van der Waals surface area contributed by atoms with Crippen molar-refractivity contribution in [2.75, 3.05) is 18.9 Å². The van der Waals surface area contributed by atoms with Gasteiger partial charge >= 0.3 is 0 Å². The van der Waals surface area contributed by atoms with Crippen LogP contribution in [0, 0.1) is 0 Å². The third kappa shape index (κ3) is 2.05. The molecule has 2 aromatic heterocycles. The lowest BCUT2D eigenvalue weighted by Crippen LogP contribution is -2.41. The molecule has 0 radical (unpaired) electrons. The number of H-pyrrole nitrogens is 1. The predicted octanol–water partition coefficient (Wildman–Crippen LogP) is -1.62. The molecule has 2 aromatic rings. The van der Waals surface area contributed by atoms with Crippen molar-refractivity contribution in [1.82, 2.24) is 19.5 Å². The first-order chi connectivity index (χ1) is 9.60. The Kier molecular flexibility index (Phi) is 3.16. The maximum Gasteiger partial charge on any atom is 0.280 e. The zero-order valence-corrected chi connectivity index (χ0v) is 10.6. The maximum absolute atomic E-state index is 11.7. The molecule has 0 aromatic carbocycles. The van der Waals surface area contributed by atoms with E-state index < -0.39 is 17.8 Å². The van der Waals surface area contributed by atoms with Crippen LogP contribution in [-0.2, 0) is 4.74 Å². The Morgan fingerprint density at radius 1 is 1.60 bits per heavy atom. The largest absolute Gasteiger partial charge is 0.394 e. The minimum absolute atomic E-state index is 0.00904. The number of ether oxygens (including phenoxy) is 1. The minimum Gasteiger partial charge on any atom is -0.394 e. The van der Waals surface area contributed by atoms with Crippen LogP contribution in [0.5, 0.6) is 0 Å². The number of hydrogen-bond donors (Lipinski definition) is 4. The van der Waals surface area contributed by atoms with Crippen molar-refractivity contribution in [2.45, 2.75) is 24.7 Å². The summed E-state index contributed by atoms with van der Waals surface area (Å²) in [5, 5.41) is 18.9. The SMILES string of the molecule is Nc1nc2c(ncn2[C@@H]2CO[C@@H](CO)[C@@H](O)C2)c(=O)[nH]1. The van der Waals surface area contributed by atoms with Gasteiger partial charge in [-0.3, -0.25) is 9.78 Å². The summed E-state index contributed by atoms with van der Waals surface area (Å²) in [6.07, 6.45) is 0.496. The third-order valence-electron chi connectivity index (χ3n) is 3.47. The number of aliphatic hydroxyl groups is 2. The molecule has 1 aliphatic rings. The fourth-order valence-corrected chi connectivity index (χ4v) is 2.42. The third-order valence-corrected chi connectivity index (χ3v) is 3.47. The molecule has 1 aliphatic heterocycles. The quantitative estimate of drug-likeness (QED) is 0.519. The molecule has 5 N–H and O–H groups in total. The lowest BCUT2D eigenvalue weighted by Gasteiger charge is -2.32. The summed E-state index contributed by atoms with van der Waals surface area (Å²) in [5.74, 6) is 0.00904. The Morgan fingerprint density at radius 3 is 3.10 bits per heavy atom. The number of nitrogens with zero attached hydrogens (tertiary/aromatic N) is 3. The van der Waals surface area contributed by atoms with E-state index in [1.54, 1.807) is 4.57 Å². The fourth-order valence-electron chi connectivity index (χ4n) is 2.42. The Morgan fingerprint density at radius 2 is 2.40 bits per heavy atom. The van der Waals surface area contributed by atoms with Gasteiger partial charge in [0.2, 0.25) is 5.95 Å². The van der Waals surface area contributed by atoms with Crippen LogP contribution in [-0.4, -0.2) is 55.2 Å². The van der Waals surface area contributed by atoms with Gasteiger partial charge in [0.1, 0.15) is 6.10 Å². The van der Waals surface area contributed by atoms with Crippen LogP contribution in [0.1, 0.15) is 12.5 Å². The van der Waals surface area contributed by atoms with Crippen molar-refractivity contribution < 1.29 is 14.9 Å². The molecule has 3 rings (SSSR count). The number of hydrogen-bond acceptors (Lipinski definition) is 7. The molecule has 0 aliphatic carbocycles. The summed E-state index contributed by atoms with van der Waals surface area (Å²) in [4.78, 5) is 22.2. The molecule has 20 heavy (non-hydrogen) atoms. The van der Waals surface area contributed by atoms with E-state index in [1.165, 1.54) is 6.33 Å². The van der Waals surface area contributed by atoms with Crippen molar-refractivity contribution >= 4 is 17.1 Å². The smallest absolute Gasteiger partial charge is 0.280 e. The standard InChI is InChI=1S/C11H15N5O4/c12-11-14-9-8(10(19)15-11)13-4-16(9)5-1-6(18)7(2-17)20-3-5/h4-7,17-18H,1-3H2,(H3,12,14,15,19)/t5-,6-,7-/m0/s1. The van der Waals surface area contributed by atoms with Gasteiger partial charge in [-0.25, -0.2) is 4.98 Å². The molecule has 0 saturated carbocycles. The molecule has 9 heteroatoms. The number of imidazole rings is 1. The molecule has 1 saturated heterocycles. The lowest BCUT2D eigenvalue weighted by atomic mass is 10.0. The van der Waals surface area contributed by atoms with Crippen molar-refractivity contribution in [3.8, 4) is 0 Å². The average Bonchev–Trinajstić information content (AvgIpc) is 2.82. The topological polar surface area (TPSA) is 139 Å². The highest BCUT2D eigenvalue weighted by atomic mass is 16.5. The average molecular weight is 281 g/mol. The van der Waals surface area contributed by atoms with E-state index in [4.69, 9.17) is 15.6 Å². The van der Waals surface area contributed by atoms with Crippen LogP contribution in [0.25, 0.3) is 11.2 Å². The minimum atomic E-state index is -0.782. The first kappa shape index (κ1) is 13.0. The molecule has 3 heterocycles. The highest BCUT2D eigenvalue weighted by molar-refractivity contribution is 5.70. The number of nitrogens with two attached hydrogens (primary N) is 1. The molecule has 0 unspecified atom stereocenters. The van der Waals surface area contributed by atoms with Crippen LogP contribution >= 0.6 is 0 Å². The van der Waals surface area contributed by atoms with E-state index in [1.807, 2.05) is 0 Å². The number of aromatic nitrogens is 4. The number of fused-ring (bicyclic) bond motifs is 1. The highest BCUT2D eigenvalue weighted by Gasteiger charge is 2.31. The second-order valence-corrected chi connectivity index (χ2v) is 4.79. The van der Waals surface area contributed by atoms with Gasteiger partial charge in [-0.2, -0.15) is 4.98 Å². The number of nitrogens with one attached hydrogen (secondary N) is 1. The summed E-state index contributed by atoms with van der Waals surface area (Å²) >= 11 is 0. The van der Waals surface area contributed by atoms with Crippen molar-refractivity contribution in [2.24, 2.45) is 0 Å². The number of rotatable bonds is 2. The molecule has 0 spiro atoms. The molecular weight excluding hydrogens is 266 g/mol. The van der Waals surface area contributed by atoms with Crippen molar-refractivity contribution in [3.05, 3.63) is 16.7 Å². The molecule has 0 bridgehead atoms. The van der Waals surface area contributed by atoms with Gasteiger partial charge in [-0.05, 0) is 6.42 Å². The number of anilines is 1. The molecule has 0 amide bonds. The highest BCUT2D eigenvalue weighted by Crippen LogP contribution is 2.25. The normalized spacial score (nSPS) is 27.0. The molecule has 1 fully saturated rings. The Bertz CT molecular complexity index is 681. The zero-order valence-electron chi connectivity index (χ0n) is 10.6. The Hall–Kier alpha value is -1.97. The Labute approximate surface area is 113 Å². The van der Waals surface area contributed by atoms with Gasteiger partial charge in [0.25, 0.3) is 5.56 Å². The number of aliphatic hydroxyl groups excluding tert-OH is 2. The Balaban J connectivity index is 1.97. The van der Waals surface area contributed by atoms with Crippen molar-refractivity contribution in [1.29, 1.82) is 0 Å². The number of nitrogen functional groups attached to an aromatic ring is 1. The monoisotopic (exact) mass is 281 g/mol. The van der Waals surface area contributed by atoms with Gasteiger partial charge in [-0.15, -0.1) is 0 Å². The van der Waals surface area contributed by atoms with Crippen LogP contribution in [0.3, 0.4) is 0 Å². The lowest BCUT2D eigenvalue weighted by molar-refractivity contribution is -0.112. The zero-order chi connectivity index (χ0) is 14.3. The summed E-state index contributed by atoms with van der Waals surface area (Å²) < 4.78 is 7.06. The first-order valence-electron chi connectivity index (χ1n) is 6.23. The molecule has 3 atom stereocenters. The second-order valence-electron chi connectivity index (χ2n) is 4.79. The summed E-state index contributed by atoms with van der Waals surface area (Å²) in [5.41, 5.74) is 5.67. The van der Waals surface area contributed by atoms with E-state index >= 15 is 0 Å². The molecule has 9 nitrogen and oxygen atoms in total. The van der Waals surface area contributed by atoms with E-state index in [2.05, 4.69) is 15.0 Å². The first-order valence-corrected chi connectivity index (χ1v) is 6.23. The summed E-state index contributed by atoms with van der Waals surface area (Å²) in [6, 6.07) is -0.216. The summed E-state index contributed by atoms with van der Waals surface area (Å²) in [7, 11) is 0. The van der Waals surface area contributed by atoms with Crippen LogP contribution in [0.15, 0.2) is 11.1 Å². The van der Waals surface area contributed by atoms with E-state index in [9.17, 15) is 9.90 Å². The molecular formula is C11H15N5O4. The van der Waals surface area contributed by atoms with Crippen molar-refractivity contribution in [3.63, 3.8) is 0 Å². The predicted molar refractivity (Wildman–Crippen MR) is 69.0 cm³/mol. The maximum atomic E-state index is 11.7. The van der Waals surface area contributed by atoms with Crippen LogP contribution < -0.4 is 11.3 Å². The van der Waals surface area contributed by atoms with Crippen LogP contribution in [0.2, 0.25) is 0 Å². The van der Waals surface area contributed by atoms with Gasteiger partial charge in [0.05, 0.1) is 31.7 Å². The fraction of sp³-hybridized carbons (Fsp3) is 0.545.